The van der Waals surface area contributed by atoms with Gasteiger partial charge in [0.2, 0.25) is 0 Å². The molecular weight excluding hydrogens is 500 g/mol. The molecule has 4 aliphatic carbocycles. The lowest BCUT2D eigenvalue weighted by molar-refractivity contribution is -0.105. The van der Waals surface area contributed by atoms with E-state index in [2.05, 4.69) is 44.6 Å². The second kappa shape index (κ2) is 11.1. The van der Waals surface area contributed by atoms with E-state index in [0.717, 1.165) is 66.0 Å². The molecule has 0 bridgehead atoms. The van der Waals surface area contributed by atoms with Crippen molar-refractivity contribution in [3.8, 4) is 0 Å². The van der Waals surface area contributed by atoms with Gasteiger partial charge in [-0.3, -0.25) is 0 Å². The zero-order valence-corrected chi connectivity index (χ0v) is 26.3. The summed E-state index contributed by atoms with van der Waals surface area (Å²) in [5, 5.41) is 4.49. The third-order valence-corrected chi connectivity index (χ3v) is 13.6. The van der Waals surface area contributed by atoms with E-state index >= 15 is 0 Å². The van der Waals surface area contributed by atoms with Gasteiger partial charge >= 0.3 is 0 Å². The topological polar surface area (TPSA) is 58.5 Å². The molecule has 0 spiro atoms. The molecule has 1 aromatic rings. The molecule has 4 saturated carbocycles. The maximum atomic E-state index is 12.8. The first-order chi connectivity index (χ1) is 18.4. The van der Waals surface area contributed by atoms with Crippen LogP contribution in [0.5, 0.6) is 0 Å². The first kappa shape index (κ1) is 29.1. The molecule has 0 aromatic heterocycles. The van der Waals surface area contributed by atoms with Crippen LogP contribution in [0.1, 0.15) is 117 Å². The van der Waals surface area contributed by atoms with Gasteiger partial charge in [-0.25, -0.2) is 4.83 Å². The van der Waals surface area contributed by atoms with Gasteiger partial charge in [0, 0.05) is 5.71 Å². The molecule has 8 atom stereocenters. The molecular formula is C34H54N2O2S. The maximum absolute atomic E-state index is 12.8. The Balaban J connectivity index is 1.23. The minimum atomic E-state index is -3.62. The summed E-state index contributed by atoms with van der Waals surface area (Å²) >= 11 is 0. The average molecular weight is 555 g/mol. The third kappa shape index (κ3) is 5.60. The summed E-state index contributed by atoms with van der Waals surface area (Å²) in [6.07, 6.45) is 15.6. The number of nitrogens with one attached hydrogen (secondary N) is 1. The van der Waals surface area contributed by atoms with Crippen molar-refractivity contribution in [3.63, 3.8) is 0 Å². The largest absolute Gasteiger partial charge is 0.276 e. The van der Waals surface area contributed by atoms with Gasteiger partial charge in [-0.05, 0) is 129 Å². The molecule has 218 valence electrons. The smallest absolute Gasteiger partial charge is 0.200 e. The monoisotopic (exact) mass is 554 g/mol. The number of sulfonamides is 1. The quantitative estimate of drug-likeness (QED) is 0.327. The van der Waals surface area contributed by atoms with Gasteiger partial charge in [0.1, 0.15) is 0 Å². The first-order valence-electron chi connectivity index (χ1n) is 16.1. The van der Waals surface area contributed by atoms with Crippen LogP contribution in [0.15, 0.2) is 34.3 Å². The van der Waals surface area contributed by atoms with Crippen molar-refractivity contribution in [1.29, 1.82) is 0 Å². The van der Waals surface area contributed by atoms with Crippen molar-refractivity contribution in [1.82, 2.24) is 4.83 Å². The van der Waals surface area contributed by atoms with E-state index in [9.17, 15) is 8.42 Å². The summed E-state index contributed by atoms with van der Waals surface area (Å²) in [5.41, 5.74) is 3.01. The Labute approximate surface area is 239 Å². The standard InChI is InChI=1S/C34H54N2O2S/c1-23(2)8-7-9-25(4)30-16-17-31-29-15-12-26-22-27(18-20-33(26,5)32(29)19-21-34(30,31)6)35-36-39(37,38)28-13-10-24(3)11-14-28/h10-11,13-14,23,25-26,29-32,36H,7-9,12,15-22H2,1-6H3/b35-27+/t25?,26?,29?,30?,31?,32?,33-,34+/m0/s1. The Hall–Kier alpha value is -1.36. The molecule has 0 aliphatic heterocycles. The van der Waals surface area contributed by atoms with E-state index < -0.39 is 10.0 Å². The van der Waals surface area contributed by atoms with Crippen LogP contribution in [0, 0.1) is 59.2 Å². The van der Waals surface area contributed by atoms with Gasteiger partial charge in [-0.1, -0.05) is 71.6 Å². The lowest BCUT2D eigenvalue weighted by atomic mass is 9.44. The number of nitrogens with zero attached hydrogens (tertiary/aromatic N) is 1. The maximum Gasteiger partial charge on any atom is 0.276 e. The van der Waals surface area contributed by atoms with Crippen molar-refractivity contribution < 1.29 is 8.42 Å². The average Bonchev–Trinajstić information content (AvgIpc) is 3.25. The Morgan fingerprint density at radius 3 is 2.36 bits per heavy atom. The van der Waals surface area contributed by atoms with E-state index in [4.69, 9.17) is 0 Å². The Bertz CT molecular complexity index is 1140. The highest BCUT2D eigenvalue weighted by Crippen LogP contribution is 2.68. The van der Waals surface area contributed by atoms with Crippen LogP contribution in [-0.4, -0.2) is 14.1 Å². The van der Waals surface area contributed by atoms with E-state index in [1.807, 2.05) is 19.1 Å². The third-order valence-electron chi connectivity index (χ3n) is 12.4. The first-order valence-corrected chi connectivity index (χ1v) is 17.6. The van der Waals surface area contributed by atoms with Crippen molar-refractivity contribution in [2.24, 2.45) is 57.4 Å². The van der Waals surface area contributed by atoms with Crippen LogP contribution < -0.4 is 4.83 Å². The zero-order chi connectivity index (χ0) is 28.0. The van der Waals surface area contributed by atoms with Crippen molar-refractivity contribution in [3.05, 3.63) is 29.8 Å². The van der Waals surface area contributed by atoms with Crippen molar-refractivity contribution in [2.75, 3.05) is 0 Å². The molecule has 4 nitrogen and oxygen atoms in total. The van der Waals surface area contributed by atoms with Gasteiger partial charge in [-0.2, -0.15) is 13.5 Å². The summed E-state index contributed by atoms with van der Waals surface area (Å²) in [4.78, 5) is 2.85. The fourth-order valence-electron chi connectivity index (χ4n) is 10.1. The van der Waals surface area contributed by atoms with E-state index in [1.54, 1.807) is 12.1 Å². The Morgan fingerprint density at radius 2 is 1.64 bits per heavy atom. The van der Waals surface area contributed by atoms with Crippen LogP contribution in [0.4, 0.5) is 0 Å². The number of hydrazone groups is 1. The predicted octanol–water partition coefficient (Wildman–Crippen LogP) is 8.75. The van der Waals surface area contributed by atoms with Gasteiger partial charge in [-0.15, -0.1) is 0 Å². The summed E-state index contributed by atoms with van der Waals surface area (Å²) < 4.78 is 25.6. The van der Waals surface area contributed by atoms with E-state index in [1.165, 1.54) is 57.8 Å². The molecule has 1 N–H and O–H groups in total. The predicted molar refractivity (Wildman–Crippen MR) is 162 cm³/mol. The Kier molecular flexibility index (Phi) is 8.32. The summed E-state index contributed by atoms with van der Waals surface area (Å²) in [5.74, 6) is 5.85. The molecule has 5 rings (SSSR count). The second-order valence-electron chi connectivity index (χ2n) is 15.0. The number of hydrogen-bond donors (Lipinski definition) is 1. The van der Waals surface area contributed by atoms with Crippen LogP contribution >= 0.6 is 0 Å². The molecule has 4 fully saturated rings. The minimum absolute atomic E-state index is 0.285. The molecule has 39 heavy (non-hydrogen) atoms. The van der Waals surface area contributed by atoms with Crippen molar-refractivity contribution in [2.45, 2.75) is 123 Å². The van der Waals surface area contributed by atoms with Gasteiger partial charge in [0.25, 0.3) is 10.0 Å². The number of hydrogen-bond acceptors (Lipinski definition) is 3. The van der Waals surface area contributed by atoms with Crippen LogP contribution in [0.2, 0.25) is 0 Å². The highest BCUT2D eigenvalue weighted by molar-refractivity contribution is 7.89. The summed E-state index contributed by atoms with van der Waals surface area (Å²) in [7, 11) is -3.62. The highest BCUT2D eigenvalue weighted by atomic mass is 32.2. The summed E-state index contributed by atoms with van der Waals surface area (Å²) in [6.45, 7) is 14.5. The highest BCUT2D eigenvalue weighted by Gasteiger charge is 2.60. The van der Waals surface area contributed by atoms with Crippen LogP contribution in [0.25, 0.3) is 0 Å². The molecule has 6 unspecified atom stereocenters. The second-order valence-corrected chi connectivity index (χ2v) is 16.6. The van der Waals surface area contributed by atoms with Gasteiger partial charge in [0.05, 0.1) is 4.90 Å². The normalized spacial score (nSPS) is 38.2. The lowest BCUT2D eigenvalue weighted by Gasteiger charge is -2.61. The molecule has 0 radical (unpaired) electrons. The Morgan fingerprint density at radius 1 is 0.923 bits per heavy atom. The number of fused-ring (bicyclic) bond motifs is 5. The fourth-order valence-corrected chi connectivity index (χ4v) is 10.9. The molecule has 0 amide bonds. The van der Waals surface area contributed by atoms with Gasteiger partial charge in [0.15, 0.2) is 0 Å². The number of benzene rings is 1. The number of aryl methyl sites for hydroxylation is 1. The SMILES string of the molecule is Cc1ccc(S(=O)(=O)N/N=C2\CC[C@@]3(C)C(CCC4C5CCC(C(C)CCCC(C)C)[C@@]5(C)CCC43)C2)cc1. The minimum Gasteiger partial charge on any atom is -0.200 e. The molecule has 4 aliphatic rings. The molecule has 5 heteroatoms. The molecule has 1 aromatic carbocycles. The lowest BCUT2D eigenvalue weighted by Crippen LogP contribution is -2.53. The van der Waals surface area contributed by atoms with E-state index in [0.29, 0.717) is 16.7 Å². The van der Waals surface area contributed by atoms with Crippen molar-refractivity contribution >= 4 is 15.7 Å². The van der Waals surface area contributed by atoms with E-state index in [-0.39, 0.29) is 4.90 Å². The summed E-state index contributed by atoms with van der Waals surface area (Å²) in [6, 6.07) is 6.99. The fraction of sp³-hybridized carbons (Fsp3) is 0.794. The zero-order valence-electron chi connectivity index (χ0n) is 25.5. The molecule has 0 heterocycles. The van der Waals surface area contributed by atoms with Crippen LogP contribution in [0.3, 0.4) is 0 Å². The molecule has 0 saturated heterocycles. The van der Waals surface area contributed by atoms with Crippen LogP contribution in [-0.2, 0) is 10.0 Å². The number of rotatable bonds is 8. The van der Waals surface area contributed by atoms with Gasteiger partial charge < -0.3 is 0 Å².